The molecule has 7 heteroatoms. The van der Waals surface area contributed by atoms with Crippen molar-refractivity contribution in [3.63, 3.8) is 0 Å². The van der Waals surface area contributed by atoms with Crippen LogP contribution in [-0.2, 0) is 16.4 Å². The second-order valence-electron chi connectivity index (χ2n) is 5.66. The van der Waals surface area contributed by atoms with Gasteiger partial charge in [-0.2, -0.15) is 0 Å². The van der Waals surface area contributed by atoms with Crippen molar-refractivity contribution in [1.29, 1.82) is 0 Å². The van der Waals surface area contributed by atoms with Crippen LogP contribution in [0.3, 0.4) is 0 Å². The summed E-state index contributed by atoms with van der Waals surface area (Å²) in [5.74, 6) is 0.104. The Labute approximate surface area is 139 Å². The summed E-state index contributed by atoms with van der Waals surface area (Å²) in [6, 6.07) is 10.9. The maximum Gasteiger partial charge on any atom is 0.209 e. The first-order valence-electron chi connectivity index (χ1n) is 7.41. The van der Waals surface area contributed by atoms with Gasteiger partial charge in [0.2, 0.25) is 5.89 Å². The first kappa shape index (κ1) is 16.6. The minimum absolute atomic E-state index is 0.0228. The highest BCUT2D eigenvalue weighted by atomic mass is 32.2. The molecule has 0 bridgehead atoms. The lowest BCUT2D eigenvalue weighted by molar-refractivity contribution is 0.466. The number of nitrogens with zero attached hydrogens (tertiary/aromatic N) is 1. The van der Waals surface area contributed by atoms with Crippen molar-refractivity contribution < 1.29 is 17.2 Å². The van der Waals surface area contributed by atoms with Gasteiger partial charge in [0.25, 0.3) is 0 Å². The number of benzene rings is 2. The molecule has 0 radical (unpaired) electrons. The van der Waals surface area contributed by atoms with Gasteiger partial charge in [-0.25, -0.2) is 17.8 Å². The maximum absolute atomic E-state index is 13.2. The Kier molecular flexibility index (Phi) is 4.38. The number of halogens is 1. The van der Waals surface area contributed by atoms with E-state index in [1.165, 1.54) is 18.4 Å². The fourth-order valence-corrected chi connectivity index (χ4v) is 3.01. The van der Waals surface area contributed by atoms with E-state index in [1.807, 2.05) is 6.92 Å². The van der Waals surface area contributed by atoms with Crippen molar-refractivity contribution in [3.8, 4) is 0 Å². The molecular formula is C17H17FN2O3S. The fourth-order valence-electron chi connectivity index (χ4n) is 2.38. The van der Waals surface area contributed by atoms with E-state index in [9.17, 15) is 12.8 Å². The van der Waals surface area contributed by atoms with E-state index in [0.29, 0.717) is 28.4 Å². The van der Waals surface area contributed by atoms with Gasteiger partial charge in [-0.15, -0.1) is 0 Å². The number of aromatic nitrogens is 1. The minimum atomic E-state index is -3.19. The molecule has 0 saturated heterocycles. The zero-order chi connectivity index (χ0) is 17.3. The van der Waals surface area contributed by atoms with E-state index in [4.69, 9.17) is 4.42 Å². The summed E-state index contributed by atoms with van der Waals surface area (Å²) in [5, 5.41) is 3.25. The molecule has 3 aromatic rings. The molecule has 1 unspecified atom stereocenters. The van der Waals surface area contributed by atoms with Crippen molar-refractivity contribution in [2.45, 2.75) is 24.4 Å². The summed E-state index contributed by atoms with van der Waals surface area (Å²) in [5.41, 5.74) is 1.97. The number of oxazole rings is 1. The van der Waals surface area contributed by atoms with E-state index < -0.39 is 9.84 Å². The lowest BCUT2D eigenvalue weighted by atomic mass is 10.1. The molecule has 0 saturated carbocycles. The number of nitrogens with one attached hydrogen (secondary N) is 1. The molecule has 1 N–H and O–H groups in total. The minimum Gasteiger partial charge on any atom is -0.439 e. The van der Waals surface area contributed by atoms with E-state index in [1.54, 1.807) is 30.3 Å². The molecule has 24 heavy (non-hydrogen) atoms. The molecule has 2 aromatic carbocycles. The van der Waals surface area contributed by atoms with Crippen molar-refractivity contribution in [2.75, 3.05) is 6.26 Å². The van der Waals surface area contributed by atoms with Crippen molar-refractivity contribution in [3.05, 3.63) is 59.7 Å². The van der Waals surface area contributed by atoms with Crippen molar-refractivity contribution in [1.82, 2.24) is 10.3 Å². The first-order chi connectivity index (χ1) is 11.3. The molecule has 1 aromatic heterocycles. The van der Waals surface area contributed by atoms with E-state index in [0.717, 1.165) is 5.56 Å². The van der Waals surface area contributed by atoms with Crippen LogP contribution in [0.25, 0.3) is 11.1 Å². The molecule has 0 fully saturated rings. The fraction of sp³-hybridized carbons (Fsp3) is 0.235. The summed E-state index contributed by atoms with van der Waals surface area (Å²) >= 11 is 0. The summed E-state index contributed by atoms with van der Waals surface area (Å²) in [4.78, 5) is 4.58. The Morgan fingerprint density at radius 1 is 1.21 bits per heavy atom. The third kappa shape index (κ3) is 3.63. The predicted octanol–water partition coefficient (Wildman–Crippen LogP) is 3.22. The smallest absolute Gasteiger partial charge is 0.209 e. The van der Waals surface area contributed by atoms with Gasteiger partial charge in [0, 0.05) is 18.4 Å². The van der Waals surface area contributed by atoms with Gasteiger partial charge in [0.1, 0.15) is 11.3 Å². The maximum atomic E-state index is 13.2. The summed E-state index contributed by atoms with van der Waals surface area (Å²) in [6.45, 7) is 2.34. The predicted molar refractivity (Wildman–Crippen MR) is 88.8 cm³/mol. The second kappa shape index (κ2) is 6.33. The average Bonchev–Trinajstić information content (AvgIpc) is 2.94. The molecule has 0 amide bonds. The lowest BCUT2D eigenvalue weighted by Crippen LogP contribution is -2.18. The monoisotopic (exact) mass is 348 g/mol. The molecule has 0 spiro atoms. The summed E-state index contributed by atoms with van der Waals surface area (Å²) in [6.07, 6.45) is 1.18. The standard InChI is InChI=1S/C17H17FN2O3S/c1-11(12-3-6-14(7-4-12)24(2,21)22)19-10-17-20-15-8-5-13(18)9-16(15)23-17/h3-9,11,19H,10H2,1-2H3. The molecule has 0 aliphatic heterocycles. The van der Waals surface area contributed by atoms with Gasteiger partial charge in [-0.05, 0) is 36.8 Å². The Morgan fingerprint density at radius 3 is 2.58 bits per heavy atom. The van der Waals surface area contributed by atoms with Crippen LogP contribution in [0.5, 0.6) is 0 Å². The molecule has 3 rings (SSSR count). The quantitative estimate of drug-likeness (QED) is 0.766. The third-order valence-electron chi connectivity index (χ3n) is 3.76. The van der Waals surface area contributed by atoms with E-state index in [2.05, 4.69) is 10.3 Å². The van der Waals surface area contributed by atoms with Crippen LogP contribution >= 0.6 is 0 Å². The topological polar surface area (TPSA) is 72.2 Å². The lowest BCUT2D eigenvalue weighted by Gasteiger charge is -2.13. The highest BCUT2D eigenvalue weighted by molar-refractivity contribution is 7.90. The highest BCUT2D eigenvalue weighted by Crippen LogP contribution is 2.19. The summed E-state index contributed by atoms with van der Waals surface area (Å²) in [7, 11) is -3.19. The number of hydrogen-bond donors (Lipinski definition) is 1. The van der Waals surface area contributed by atoms with Gasteiger partial charge in [0.15, 0.2) is 15.4 Å². The van der Waals surface area contributed by atoms with Crippen LogP contribution in [0.15, 0.2) is 51.8 Å². The molecular weight excluding hydrogens is 331 g/mol. The first-order valence-corrected chi connectivity index (χ1v) is 9.30. The molecule has 1 heterocycles. The number of hydrogen-bond acceptors (Lipinski definition) is 5. The molecule has 5 nitrogen and oxygen atoms in total. The Balaban J connectivity index is 1.69. The largest absolute Gasteiger partial charge is 0.439 e. The van der Waals surface area contributed by atoms with Crippen LogP contribution in [0.4, 0.5) is 4.39 Å². The van der Waals surface area contributed by atoms with Crippen molar-refractivity contribution in [2.24, 2.45) is 0 Å². The zero-order valence-corrected chi connectivity index (χ0v) is 14.1. The highest BCUT2D eigenvalue weighted by Gasteiger charge is 2.11. The van der Waals surface area contributed by atoms with Crippen molar-refractivity contribution >= 4 is 20.9 Å². The molecule has 0 aliphatic rings. The number of rotatable bonds is 5. The van der Waals surface area contributed by atoms with Gasteiger partial charge in [-0.3, -0.25) is 0 Å². The zero-order valence-electron chi connectivity index (χ0n) is 13.3. The SMILES string of the molecule is CC(NCc1nc2ccc(F)cc2o1)c1ccc(S(C)(=O)=O)cc1. The van der Waals surface area contributed by atoms with Crippen LogP contribution in [0.1, 0.15) is 24.4 Å². The van der Waals surface area contributed by atoms with Crippen LogP contribution in [-0.4, -0.2) is 19.7 Å². The molecule has 0 aliphatic carbocycles. The molecule has 126 valence electrons. The Hall–Kier alpha value is -2.25. The van der Waals surface area contributed by atoms with Gasteiger partial charge < -0.3 is 9.73 Å². The number of sulfone groups is 1. The van der Waals surface area contributed by atoms with Crippen LogP contribution < -0.4 is 5.32 Å². The van der Waals surface area contributed by atoms with E-state index in [-0.39, 0.29) is 11.9 Å². The van der Waals surface area contributed by atoms with Crippen LogP contribution in [0, 0.1) is 5.82 Å². The van der Waals surface area contributed by atoms with Gasteiger partial charge in [-0.1, -0.05) is 12.1 Å². The van der Waals surface area contributed by atoms with Crippen LogP contribution in [0.2, 0.25) is 0 Å². The van der Waals surface area contributed by atoms with Gasteiger partial charge in [0.05, 0.1) is 11.4 Å². The normalized spacial score (nSPS) is 13.3. The Morgan fingerprint density at radius 2 is 1.92 bits per heavy atom. The Bertz CT molecular complexity index is 965. The number of fused-ring (bicyclic) bond motifs is 1. The summed E-state index contributed by atoms with van der Waals surface area (Å²) < 4.78 is 41.6. The molecule has 1 atom stereocenters. The van der Waals surface area contributed by atoms with Gasteiger partial charge >= 0.3 is 0 Å². The van der Waals surface area contributed by atoms with E-state index >= 15 is 0 Å². The second-order valence-corrected chi connectivity index (χ2v) is 7.68. The average molecular weight is 348 g/mol. The third-order valence-corrected chi connectivity index (χ3v) is 4.89.